The molecule has 4 heteroatoms. The van der Waals surface area contributed by atoms with Crippen LogP contribution < -0.4 is 0 Å². The molecule has 0 aromatic heterocycles. The van der Waals surface area contributed by atoms with Gasteiger partial charge in [-0.05, 0) is 76.2 Å². The Labute approximate surface area is 125 Å². The number of allylic oxidation sites excluding steroid dienone is 1. The van der Waals surface area contributed by atoms with E-state index in [1.807, 2.05) is 0 Å². The number of rotatable bonds is 6. The van der Waals surface area contributed by atoms with Crippen molar-refractivity contribution in [1.29, 1.82) is 0 Å². The van der Waals surface area contributed by atoms with Gasteiger partial charge in [0.15, 0.2) is 8.32 Å². The zero-order valence-electron chi connectivity index (χ0n) is 11.9. The van der Waals surface area contributed by atoms with E-state index >= 15 is 0 Å². The second-order valence-electron chi connectivity index (χ2n) is 6.11. The van der Waals surface area contributed by atoms with Crippen molar-refractivity contribution in [2.24, 2.45) is 0 Å². The van der Waals surface area contributed by atoms with Gasteiger partial charge in [0.2, 0.25) is 0 Å². The van der Waals surface area contributed by atoms with Crippen LogP contribution >= 0.6 is 31.9 Å². The molecule has 0 fully saturated rings. The maximum absolute atomic E-state index is 6.30. The molecule has 0 amide bonds. The van der Waals surface area contributed by atoms with E-state index in [4.69, 9.17) is 4.43 Å². The van der Waals surface area contributed by atoms with Gasteiger partial charge in [-0.25, -0.2) is 0 Å². The SMILES string of the molecule is C[C@@H](CCCC=C(Br)Br)O[Si](C)(C)C(C)(C)C. The van der Waals surface area contributed by atoms with E-state index in [2.05, 4.69) is 78.7 Å². The molecule has 1 nitrogen and oxygen atoms in total. The van der Waals surface area contributed by atoms with Gasteiger partial charge in [-0.1, -0.05) is 26.8 Å². The molecule has 0 aliphatic carbocycles. The fraction of sp³-hybridized carbons (Fsp3) is 0.846. The maximum Gasteiger partial charge on any atom is 0.192 e. The molecule has 102 valence electrons. The molecule has 0 aliphatic heterocycles. The monoisotopic (exact) mass is 384 g/mol. The van der Waals surface area contributed by atoms with Crippen molar-refractivity contribution >= 4 is 40.2 Å². The highest BCUT2D eigenvalue weighted by Crippen LogP contribution is 2.37. The van der Waals surface area contributed by atoms with Crippen LogP contribution in [0.4, 0.5) is 0 Å². The minimum Gasteiger partial charge on any atom is -0.414 e. The van der Waals surface area contributed by atoms with E-state index < -0.39 is 8.32 Å². The summed E-state index contributed by atoms with van der Waals surface area (Å²) in [4.78, 5) is 0. The lowest BCUT2D eigenvalue weighted by atomic mass is 10.2. The lowest BCUT2D eigenvalue weighted by Gasteiger charge is -2.38. The Morgan fingerprint density at radius 1 is 1.29 bits per heavy atom. The van der Waals surface area contributed by atoms with Gasteiger partial charge in [0.25, 0.3) is 0 Å². The molecular formula is C13H26Br2OSi. The highest BCUT2D eigenvalue weighted by Gasteiger charge is 2.38. The highest BCUT2D eigenvalue weighted by atomic mass is 79.9. The first-order valence-corrected chi connectivity index (χ1v) is 10.7. The molecule has 0 aromatic rings. The Kier molecular flexibility index (Phi) is 7.85. The van der Waals surface area contributed by atoms with Crippen LogP contribution in [0.25, 0.3) is 0 Å². The van der Waals surface area contributed by atoms with E-state index in [1.165, 1.54) is 6.42 Å². The molecule has 17 heavy (non-hydrogen) atoms. The van der Waals surface area contributed by atoms with Crippen LogP contribution in [-0.2, 0) is 4.43 Å². The van der Waals surface area contributed by atoms with Crippen LogP contribution in [0.2, 0.25) is 18.1 Å². The molecule has 1 atom stereocenters. The molecule has 0 radical (unpaired) electrons. The van der Waals surface area contributed by atoms with Crippen molar-refractivity contribution in [3.05, 3.63) is 9.47 Å². The van der Waals surface area contributed by atoms with Crippen molar-refractivity contribution in [2.45, 2.75) is 71.2 Å². The standard InChI is InChI=1S/C13H26Br2OSi/c1-11(9-7-8-10-12(14)15)16-17(5,6)13(2,3)4/h10-11H,7-9H2,1-6H3/t11-/m0/s1. The summed E-state index contributed by atoms with van der Waals surface area (Å²) in [6, 6.07) is 0. The molecule has 0 aliphatic rings. The van der Waals surface area contributed by atoms with Crippen LogP contribution in [0.15, 0.2) is 9.47 Å². The zero-order valence-corrected chi connectivity index (χ0v) is 16.1. The Hall–Kier alpha value is 0.877. The Bertz CT molecular complexity index is 253. The summed E-state index contributed by atoms with van der Waals surface area (Å²) in [6.07, 6.45) is 5.93. The van der Waals surface area contributed by atoms with Gasteiger partial charge in [-0.2, -0.15) is 0 Å². The zero-order chi connectivity index (χ0) is 13.7. The summed E-state index contributed by atoms with van der Waals surface area (Å²) in [5.74, 6) is 0. The topological polar surface area (TPSA) is 9.23 Å². The smallest absolute Gasteiger partial charge is 0.192 e. The van der Waals surface area contributed by atoms with Crippen LogP contribution in [0.3, 0.4) is 0 Å². The lowest BCUT2D eigenvalue weighted by Crippen LogP contribution is -2.43. The van der Waals surface area contributed by atoms with Crippen LogP contribution in [0.5, 0.6) is 0 Å². The summed E-state index contributed by atoms with van der Waals surface area (Å²) >= 11 is 6.74. The quantitative estimate of drug-likeness (QED) is 0.390. The van der Waals surface area contributed by atoms with Gasteiger partial charge in [0, 0.05) is 6.10 Å². The first kappa shape index (κ1) is 17.9. The summed E-state index contributed by atoms with van der Waals surface area (Å²) in [5.41, 5.74) is 0. The Balaban J connectivity index is 4.02. The van der Waals surface area contributed by atoms with Crippen molar-refractivity contribution in [3.63, 3.8) is 0 Å². The second-order valence-corrected chi connectivity index (χ2v) is 13.6. The minimum atomic E-state index is -1.58. The third-order valence-electron chi connectivity index (χ3n) is 3.42. The fourth-order valence-electron chi connectivity index (χ4n) is 1.36. The highest BCUT2D eigenvalue weighted by molar-refractivity contribution is 9.28. The molecule has 0 unspecified atom stereocenters. The first-order chi connectivity index (χ1) is 7.56. The van der Waals surface area contributed by atoms with E-state index in [1.54, 1.807) is 0 Å². The second kappa shape index (κ2) is 7.46. The third kappa shape index (κ3) is 7.80. The van der Waals surface area contributed by atoms with Crippen molar-refractivity contribution < 1.29 is 4.43 Å². The summed E-state index contributed by atoms with van der Waals surface area (Å²) < 4.78 is 7.35. The van der Waals surface area contributed by atoms with Gasteiger partial charge >= 0.3 is 0 Å². The third-order valence-corrected chi connectivity index (χ3v) is 8.67. The average molecular weight is 386 g/mol. The van der Waals surface area contributed by atoms with Crippen molar-refractivity contribution in [1.82, 2.24) is 0 Å². The average Bonchev–Trinajstić information content (AvgIpc) is 2.09. The number of hydrogen-bond acceptors (Lipinski definition) is 1. The fourth-order valence-corrected chi connectivity index (χ4v) is 3.29. The number of halogens is 2. The van der Waals surface area contributed by atoms with Gasteiger partial charge in [0.05, 0.1) is 3.39 Å². The number of unbranched alkanes of at least 4 members (excludes halogenated alkanes) is 1. The van der Waals surface area contributed by atoms with E-state index in [0.717, 1.165) is 16.2 Å². The molecule has 0 rings (SSSR count). The van der Waals surface area contributed by atoms with Crippen LogP contribution in [0, 0.1) is 0 Å². The summed E-state index contributed by atoms with van der Waals surface area (Å²) in [5, 5.41) is 0.306. The predicted octanol–water partition coefficient (Wildman–Crippen LogP) is 6.20. The molecular weight excluding hydrogens is 360 g/mol. The maximum atomic E-state index is 6.30. The molecule has 0 heterocycles. The lowest BCUT2D eigenvalue weighted by molar-refractivity contribution is 0.187. The van der Waals surface area contributed by atoms with Crippen LogP contribution in [0.1, 0.15) is 47.0 Å². The molecule has 0 N–H and O–H groups in total. The van der Waals surface area contributed by atoms with Crippen molar-refractivity contribution in [3.8, 4) is 0 Å². The van der Waals surface area contributed by atoms with Gasteiger partial charge < -0.3 is 4.43 Å². The van der Waals surface area contributed by atoms with Gasteiger partial charge in [-0.3, -0.25) is 0 Å². The molecule has 0 spiro atoms. The Morgan fingerprint density at radius 2 is 1.82 bits per heavy atom. The molecule has 0 aromatic carbocycles. The Morgan fingerprint density at radius 3 is 2.24 bits per heavy atom. The predicted molar refractivity (Wildman–Crippen MR) is 87.5 cm³/mol. The molecule has 0 bridgehead atoms. The van der Waals surface area contributed by atoms with Crippen molar-refractivity contribution in [2.75, 3.05) is 0 Å². The largest absolute Gasteiger partial charge is 0.414 e. The first-order valence-electron chi connectivity index (χ1n) is 6.25. The van der Waals surface area contributed by atoms with E-state index in [9.17, 15) is 0 Å². The normalized spacial score (nSPS) is 14.6. The number of hydrogen-bond donors (Lipinski definition) is 0. The summed E-state index contributed by atoms with van der Waals surface area (Å²) in [7, 11) is -1.58. The van der Waals surface area contributed by atoms with E-state index in [0.29, 0.717) is 11.1 Å². The molecule has 0 saturated carbocycles. The van der Waals surface area contributed by atoms with Crippen LogP contribution in [-0.4, -0.2) is 14.4 Å². The van der Waals surface area contributed by atoms with Gasteiger partial charge in [-0.15, -0.1) is 0 Å². The van der Waals surface area contributed by atoms with E-state index in [-0.39, 0.29) is 0 Å². The van der Waals surface area contributed by atoms with Gasteiger partial charge in [0.1, 0.15) is 0 Å². The molecule has 0 saturated heterocycles. The minimum absolute atomic E-state index is 0.306. The summed E-state index contributed by atoms with van der Waals surface area (Å²) in [6.45, 7) is 13.7.